The first-order chi connectivity index (χ1) is 19.2. The van der Waals surface area contributed by atoms with Crippen LogP contribution < -0.4 is 9.47 Å². The lowest BCUT2D eigenvalue weighted by Gasteiger charge is -2.46. The molecule has 1 N–H and O–H groups in total. The predicted octanol–water partition coefficient (Wildman–Crippen LogP) is 2.21. The monoisotopic (exact) mass is 402 g/mol. The lowest BCUT2D eigenvalue weighted by molar-refractivity contribution is -0.157. The van der Waals surface area contributed by atoms with Gasteiger partial charge in [0, 0.05) is 30.1 Å². The number of carbonyl (C=O) groups excluding carboxylic acids is 2. The van der Waals surface area contributed by atoms with Crippen LogP contribution in [0.25, 0.3) is 10.9 Å². The fourth-order valence-electron chi connectivity index (χ4n) is 3.64. The van der Waals surface area contributed by atoms with E-state index in [0.717, 1.165) is 7.05 Å². The molecular formula is C22H19N3O4. The van der Waals surface area contributed by atoms with Crippen molar-refractivity contribution in [2.24, 2.45) is 0 Å². The molecule has 0 radical (unpaired) electrons. The van der Waals surface area contributed by atoms with Crippen LogP contribution in [-0.4, -0.2) is 52.9 Å². The summed E-state index contributed by atoms with van der Waals surface area (Å²) in [6, 6.07) is -11.2. The molecule has 7 heteroatoms. The predicted molar refractivity (Wildman–Crippen MR) is 105 cm³/mol. The summed E-state index contributed by atoms with van der Waals surface area (Å²) in [6.07, 6.45) is -0.766. The SMILES string of the molecule is [2H]c1c([2H])c([C@]2([2H])c3[nH]c4c([2H])c([2H])c([2H])c([2H])c4c3C[C@]3([2H])C(=O)N(C)C([2H])([2H])C(=O)N23)c([2H])c2c1OC([2H])([2H])O2. The van der Waals surface area contributed by atoms with Gasteiger partial charge >= 0.3 is 0 Å². The number of carbonyl (C=O) groups is 2. The Morgan fingerprint density at radius 3 is 2.93 bits per heavy atom. The molecule has 2 amide bonds. The molecule has 1 fully saturated rings. The van der Waals surface area contributed by atoms with Crippen LogP contribution in [0.15, 0.2) is 42.3 Å². The molecule has 3 aliphatic rings. The van der Waals surface area contributed by atoms with Gasteiger partial charge in [-0.25, -0.2) is 0 Å². The van der Waals surface area contributed by atoms with E-state index in [4.69, 9.17) is 24.6 Å². The standard InChI is InChI=1S/C22H19N3O4/c1-24-10-19(26)25-16(22(24)27)9-14-13-4-2-3-5-15(13)23-20(14)21(25)12-6-7-17-18(8-12)29-11-28-17/h2-8,16,21,23H,9-11H2,1H3/t16-,21-/m1/s1/i2D,3D,4D,5D,6D,7D,8D,10D2,11D2,16D,21D. The Hall–Kier alpha value is -3.48. The molecule has 146 valence electrons. The highest BCUT2D eigenvalue weighted by Crippen LogP contribution is 2.44. The lowest BCUT2D eigenvalue weighted by atomic mass is 9.86. The number of H-pyrrole nitrogens is 1. The Morgan fingerprint density at radius 2 is 2.03 bits per heavy atom. The van der Waals surface area contributed by atoms with E-state index in [-0.39, 0.29) is 21.4 Å². The molecule has 4 heterocycles. The molecule has 0 saturated carbocycles. The highest BCUT2D eigenvalue weighted by Gasteiger charge is 2.47. The quantitative estimate of drug-likeness (QED) is 0.677. The number of nitrogens with one attached hydrogen (secondary N) is 1. The van der Waals surface area contributed by atoms with Gasteiger partial charge in [-0.2, -0.15) is 0 Å². The van der Waals surface area contributed by atoms with E-state index in [0.29, 0.717) is 4.90 Å². The van der Waals surface area contributed by atoms with Crippen LogP contribution in [0.2, 0.25) is 0 Å². The number of aromatic amines is 1. The van der Waals surface area contributed by atoms with Gasteiger partial charge in [0.1, 0.15) is 8.76 Å². The fourth-order valence-corrected chi connectivity index (χ4v) is 3.64. The van der Waals surface area contributed by atoms with Gasteiger partial charge in [-0.05, 0) is 29.3 Å². The zero-order valence-electron chi connectivity index (χ0n) is 27.7. The molecular weight excluding hydrogens is 370 g/mol. The van der Waals surface area contributed by atoms with Gasteiger partial charge in [0.15, 0.2) is 11.5 Å². The summed E-state index contributed by atoms with van der Waals surface area (Å²) in [5.41, 5.74) is -1.83. The first-order valence-corrected chi connectivity index (χ1v) is 8.50. The zero-order valence-corrected chi connectivity index (χ0v) is 14.7. The Labute approximate surface area is 185 Å². The van der Waals surface area contributed by atoms with Crippen LogP contribution >= 0.6 is 0 Å². The minimum atomic E-state index is -3.12. The highest BCUT2D eigenvalue weighted by atomic mass is 16.7. The van der Waals surface area contributed by atoms with E-state index in [9.17, 15) is 12.3 Å². The average Bonchev–Trinajstić information content (AvgIpc) is 3.45. The summed E-state index contributed by atoms with van der Waals surface area (Å²) >= 11 is 0. The molecule has 3 aromatic rings. The van der Waals surface area contributed by atoms with Crippen molar-refractivity contribution in [3.63, 3.8) is 0 Å². The van der Waals surface area contributed by atoms with Crippen LogP contribution in [0.3, 0.4) is 0 Å². The Bertz CT molecular complexity index is 1810. The summed E-state index contributed by atoms with van der Waals surface area (Å²) in [6.45, 7) is -6.00. The number of likely N-dealkylation sites (N-methyl/N-ethyl adjacent to an activating group) is 1. The van der Waals surface area contributed by atoms with Crippen molar-refractivity contribution in [1.82, 2.24) is 14.8 Å². The van der Waals surface area contributed by atoms with Crippen LogP contribution in [0, 0.1) is 0 Å². The van der Waals surface area contributed by atoms with Crippen molar-refractivity contribution < 1.29 is 36.9 Å². The van der Waals surface area contributed by atoms with Crippen molar-refractivity contribution in [3.8, 4) is 11.5 Å². The minimum absolute atomic E-state index is 0.200. The molecule has 7 nitrogen and oxygen atoms in total. The molecule has 3 aliphatic heterocycles. The van der Waals surface area contributed by atoms with E-state index < -0.39 is 109 Å². The largest absolute Gasteiger partial charge is 0.454 e. The van der Waals surface area contributed by atoms with E-state index in [1.165, 1.54) is 0 Å². The second-order valence-electron chi connectivity index (χ2n) is 6.51. The molecule has 1 saturated heterocycles. The van der Waals surface area contributed by atoms with Crippen LogP contribution in [0.4, 0.5) is 0 Å². The average molecular weight is 402 g/mol. The summed E-state index contributed by atoms with van der Waals surface area (Å²) in [5.74, 6) is -4.26. The highest BCUT2D eigenvalue weighted by molar-refractivity contribution is 5.97. The van der Waals surface area contributed by atoms with Crippen LogP contribution in [-0.2, 0) is 16.0 Å². The molecule has 0 bridgehead atoms. The second-order valence-corrected chi connectivity index (χ2v) is 6.51. The van der Waals surface area contributed by atoms with E-state index in [1.807, 2.05) is 0 Å². The fraction of sp³-hybridized carbons (Fsp3) is 0.273. The number of fused-ring (bicyclic) bond motifs is 5. The topological polar surface area (TPSA) is 74.9 Å². The maximum absolute atomic E-state index is 13.8. The number of hydrogen-bond donors (Lipinski definition) is 1. The summed E-state index contributed by atoms with van der Waals surface area (Å²) in [7, 11) is 0.937. The summed E-state index contributed by atoms with van der Waals surface area (Å²) < 4.78 is 120. The Kier molecular flexibility index (Phi) is 1.61. The summed E-state index contributed by atoms with van der Waals surface area (Å²) in [5, 5.41) is -0.225. The Balaban J connectivity index is 1.81. The van der Waals surface area contributed by atoms with Crippen LogP contribution in [0.1, 0.15) is 40.7 Å². The van der Waals surface area contributed by atoms with Crippen molar-refractivity contribution in [2.75, 3.05) is 20.3 Å². The molecule has 2 atom stereocenters. The molecule has 0 unspecified atom stereocenters. The third kappa shape index (κ3) is 2.24. The third-order valence-electron chi connectivity index (χ3n) is 4.90. The number of hydrogen-bond acceptors (Lipinski definition) is 4. The molecule has 0 aliphatic carbocycles. The van der Waals surface area contributed by atoms with Gasteiger partial charge in [0.2, 0.25) is 18.6 Å². The number of ether oxygens (including phenoxy) is 2. The van der Waals surface area contributed by atoms with Gasteiger partial charge < -0.3 is 24.3 Å². The summed E-state index contributed by atoms with van der Waals surface area (Å²) in [4.78, 5) is 30.8. The minimum Gasteiger partial charge on any atom is -0.454 e. The third-order valence-corrected chi connectivity index (χ3v) is 4.90. The van der Waals surface area contributed by atoms with Crippen molar-refractivity contribution in [2.45, 2.75) is 18.5 Å². The van der Waals surface area contributed by atoms with Gasteiger partial charge in [-0.15, -0.1) is 0 Å². The number of para-hydroxylation sites is 1. The van der Waals surface area contributed by atoms with Crippen molar-refractivity contribution in [3.05, 3.63) is 59.1 Å². The van der Waals surface area contributed by atoms with Crippen LogP contribution in [0.5, 0.6) is 11.5 Å². The van der Waals surface area contributed by atoms with E-state index in [2.05, 4.69) is 4.98 Å². The van der Waals surface area contributed by atoms with Crippen molar-refractivity contribution in [1.29, 1.82) is 0 Å². The lowest BCUT2D eigenvalue weighted by Crippen LogP contribution is -2.62. The second kappa shape index (κ2) is 5.76. The van der Waals surface area contributed by atoms with E-state index in [1.54, 1.807) is 0 Å². The maximum atomic E-state index is 13.8. The van der Waals surface area contributed by atoms with Gasteiger partial charge in [0.05, 0.1) is 27.6 Å². The zero-order chi connectivity index (χ0) is 31.2. The molecule has 6 rings (SSSR count). The smallest absolute Gasteiger partial charge is 0.245 e. The number of benzene rings is 2. The van der Waals surface area contributed by atoms with E-state index >= 15 is 0 Å². The molecule has 2 aromatic carbocycles. The number of amides is 2. The number of piperazine rings is 1. The van der Waals surface area contributed by atoms with Gasteiger partial charge in [0.25, 0.3) is 0 Å². The molecule has 0 spiro atoms. The molecule has 1 aromatic heterocycles. The number of rotatable bonds is 1. The maximum Gasteiger partial charge on any atom is 0.245 e. The van der Waals surface area contributed by atoms with Crippen molar-refractivity contribution >= 4 is 22.7 Å². The molecule has 29 heavy (non-hydrogen) atoms. The first kappa shape index (κ1) is 8.10. The van der Waals surface area contributed by atoms with Gasteiger partial charge in [-0.1, -0.05) is 24.2 Å². The normalized spacial score (nSPS) is 37.8. The number of nitrogens with zero attached hydrogens (tertiary/aromatic N) is 2. The number of aromatic nitrogens is 1. The first-order valence-electron chi connectivity index (χ1n) is 15.0. The van der Waals surface area contributed by atoms with Gasteiger partial charge in [-0.3, -0.25) is 9.59 Å². The Morgan fingerprint density at radius 1 is 1.21 bits per heavy atom.